The van der Waals surface area contributed by atoms with Gasteiger partial charge in [-0.05, 0) is 48.7 Å². The summed E-state index contributed by atoms with van der Waals surface area (Å²) in [5.74, 6) is -0.817. The van der Waals surface area contributed by atoms with E-state index in [9.17, 15) is 23.1 Å². The molecule has 0 aliphatic heterocycles. The summed E-state index contributed by atoms with van der Waals surface area (Å²) >= 11 is 0. The summed E-state index contributed by atoms with van der Waals surface area (Å²) < 4.78 is 29.3. The Balaban J connectivity index is 1.73. The smallest absolute Gasteiger partial charge is 0.335 e. The average molecular weight is 507 g/mol. The van der Waals surface area contributed by atoms with Gasteiger partial charge in [0.1, 0.15) is 5.82 Å². The van der Waals surface area contributed by atoms with Crippen molar-refractivity contribution in [2.75, 3.05) is 0 Å². The second-order valence-corrected chi connectivity index (χ2v) is 10.2. The highest BCUT2D eigenvalue weighted by atomic mass is 32.2. The van der Waals surface area contributed by atoms with Gasteiger partial charge in [-0.3, -0.25) is 9.78 Å². The number of benzene rings is 2. The number of hydrogen-bond donors (Lipinski definition) is 2. The van der Waals surface area contributed by atoms with Gasteiger partial charge in [0.25, 0.3) is 10.0 Å². The Kier molecular flexibility index (Phi) is 6.89. The third-order valence-electron chi connectivity index (χ3n) is 5.74. The number of carboxylic acids is 1. The number of carbonyl (C=O) groups is 2. The molecule has 9 nitrogen and oxygen atoms in total. The number of fused-ring (bicyclic) bond motifs is 1. The second kappa shape index (κ2) is 9.90. The highest BCUT2D eigenvalue weighted by Gasteiger charge is 2.21. The van der Waals surface area contributed by atoms with E-state index in [-0.39, 0.29) is 10.5 Å². The Morgan fingerprint density at radius 2 is 1.86 bits per heavy atom. The van der Waals surface area contributed by atoms with Gasteiger partial charge >= 0.3 is 5.97 Å². The number of amides is 1. The van der Waals surface area contributed by atoms with Crippen molar-refractivity contribution in [1.82, 2.24) is 19.3 Å². The van der Waals surface area contributed by atoms with Gasteiger partial charge in [-0.25, -0.2) is 22.9 Å². The molecule has 186 valence electrons. The normalized spacial score (nSPS) is 11.5. The van der Waals surface area contributed by atoms with Gasteiger partial charge in [-0.1, -0.05) is 31.2 Å². The van der Waals surface area contributed by atoms with Gasteiger partial charge in [0.2, 0.25) is 5.91 Å². The van der Waals surface area contributed by atoms with E-state index in [1.165, 1.54) is 6.07 Å². The maximum atomic E-state index is 12.6. The van der Waals surface area contributed by atoms with Crippen LogP contribution in [0.15, 0.2) is 59.6 Å². The van der Waals surface area contributed by atoms with E-state index in [0.29, 0.717) is 17.8 Å². The third-order valence-corrected chi connectivity index (χ3v) is 7.23. The van der Waals surface area contributed by atoms with Crippen LogP contribution in [0.2, 0.25) is 0 Å². The summed E-state index contributed by atoms with van der Waals surface area (Å²) in [6.07, 6.45) is 3.27. The zero-order chi connectivity index (χ0) is 26.0. The van der Waals surface area contributed by atoms with Gasteiger partial charge < -0.3 is 9.67 Å². The van der Waals surface area contributed by atoms with E-state index in [0.717, 1.165) is 47.8 Å². The first-order valence-electron chi connectivity index (χ1n) is 11.4. The van der Waals surface area contributed by atoms with E-state index < -0.39 is 21.9 Å². The molecule has 2 aromatic carbocycles. The van der Waals surface area contributed by atoms with Crippen molar-refractivity contribution in [3.05, 3.63) is 77.2 Å². The first kappa shape index (κ1) is 25.1. The van der Waals surface area contributed by atoms with E-state index in [2.05, 4.69) is 11.9 Å². The number of aryl methyl sites for hydroxylation is 2. The van der Waals surface area contributed by atoms with Crippen LogP contribution in [0.4, 0.5) is 0 Å². The molecule has 0 saturated heterocycles. The number of aromatic carboxylic acids is 1. The van der Waals surface area contributed by atoms with E-state index in [1.807, 2.05) is 22.3 Å². The molecule has 0 saturated carbocycles. The van der Waals surface area contributed by atoms with Crippen LogP contribution in [0.25, 0.3) is 22.3 Å². The summed E-state index contributed by atoms with van der Waals surface area (Å²) in [7, 11) is -4.04. The van der Waals surface area contributed by atoms with Crippen molar-refractivity contribution in [2.24, 2.45) is 0 Å². The predicted octanol–water partition coefficient (Wildman–Crippen LogP) is 3.93. The highest BCUT2D eigenvalue weighted by molar-refractivity contribution is 7.90. The number of nitrogens with one attached hydrogen (secondary N) is 1. The molecule has 0 spiro atoms. The van der Waals surface area contributed by atoms with Crippen molar-refractivity contribution in [3.8, 4) is 11.3 Å². The lowest BCUT2D eigenvalue weighted by Gasteiger charge is -2.12. The molecule has 0 aliphatic carbocycles. The number of hydrogen-bond acceptors (Lipinski definition) is 6. The molecule has 0 radical (unpaired) electrons. The number of carboxylic acid groups (broad SMARTS) is 1. The van der Waals surface area contributed by atoms with Gasteiger partial charge in [0.15, 0.2) is 0 Å². The Morgan fingerprint density at radius 1 is 1.11 bits per heavy atom. The summed E-state index contributed by atoms with van der Waals surface area (Å²) in [6, 6.07) is 13.2. The third kappa shape index (κ3) is 4.99. The van der Waals surface area contributed by atoms with Gasteiger partial charge in [0, 0.05) is 25.1 Å². The minimum absolute atomic E-state index is 0.0389. The number of imidazole rings is 1. The minimum atomic E-state index is -4.04. The molecule has 2 aromatic heterocycles. The van der Waals surface area contributed by atoms with E-state index in [1.54, 1.807) is 42.6 Å². The number of pyridine rings is 1. The summed E-state index contributed by atoms with van der Waals surface area (Å²) in [6.45, 7) is 5.47. The van der Waals surface area contributed by atoms with Crippen molar-refractivity contribution in [3.63, 3.8) is 0 Å². The average Bonchev–Trinajstić information content (AvgIpc) is 3.16. The fourth-order valence-electron chi connectivity index (χ4n) is 4.17. The van der Waals surface area contributed by atoms with E-state index in [4.69, 9.17) is 4.98 Å². The summed E-state index contributed by atoms with van der Waals surface area (Å²) in [5, 5.41) is 9.52. The van der Waals surface area contributed by atoms with Crippen LogP contribution >= 0.6 is 0 Å². The van der Waals surface area contributed by atoms with Crippen LogP contribution in [0.3, 0.4) is 0 Å². The quantitative estimate of drug-likeness (QED) is 0.370. The van der Waals surface area contributed by atoms with Crippen LogP contribution in [0, 0.1) is 6.92 Å². The van der Waals surface area contributed by atoms with E-state index >= 15 is 0 Å². The largest absolute Gasteiger partial charge is 0.478 e. The van der Waals surface area contributed by atoms with Gasteiger partial charge in [0.05, 0.1) is 33.7 Å². The number of carbonyl (C=O) groups excluding carboxylic acids is 1. The van der Waals surface area contributed by atoms with Gasteiger partial charge in [-0.2, -0.15) is 0 Å². The summed E-state index contributed by atoms with van der Waals surface area (Å²) in [4.78, 5) is 32.2. The Bertz CT molecular complexity index is 1570. The fraction of sp³-hybridized carbons (Fsp3) is 0.231. The molecule has 0 unspecified atom stereocenters. The first-order valence-corrected chi connectivity index (χ1v) is 12.9. The maximum Gasteiger partial charge on any atom is 0.335 e. The second-order valence-electron chi connectivity index (χ2n) is 8.54. The molecule has 0 fully saturated rings. The molecular formula is C26H26N4O5S. The standard InChI is InChI=1S/C26H26N4O5S/c1-4-7-24-28-25-16(2)12-19(26(32)33)13-22(25)30(24)15-18-10-11-21(27-14-18)20-8-5-6-9-23(20)36(34,35)29-17(3)31/h5-6,8-14H,4,7,15H2,1-3H3,(H,29,31)(H,32,33). The lowest BCUT2D eigenvalue weighted by Crippen LogP contribution is -2.28. The molecular weight excluding hydrogens is 480 g/mol. The number of sulfonamides is 1. The SMILES string of the molecule is CCCc1nc2c(C)cc(C(=O)O)cc2n1Cc1ccc(-c2ccccc2S(=O)(=O)NC(C)=O)nc1. The highest BCUT2D eigenvalue weighted by Crippen LogP contribution is 2.27. The monoisotopic (exact) mass is 506 g/mol. The number of aromatic nitrogens is 3. The van der Waals surface area contributed by atoms with Crippen molar-refractivity contribution in [2.45, 2.75) is 45.1 Å². The van der Waals surface area contributed by atoms with Crippen molar-refractivity contribution in [1.29, 1.82) is 0 Å². The van der Waals surface area contributed by atoms with Crippen LogP contribution < -0.4 is 4.72 Å². The Hall–Kier alpha value is -4.05. The molecule has 4 aromatic rings. The van der Waals surface area contributed by atoms with Gasteiger partial charge in [-0.15, -0.1) is 0 Å². The first-order chi connectivity index (χ1) is 17.1. The topological polar surface area (TPSA) is 131 Å². The van der Waals surface area contributed by atoms with Crippen LogP contribution in [0.5, 0.6) is 0 Å². The molecule has 10 heteroatoms. The van der Waals surface area contributed by atoms with Crippen LogP contribution in [-0.2, 0) is 27.8 Å². The molecule has 0 bridgehead atoms. The fourth-order valence-corrected chi connectivity index (χ4v) is 5.38. The van der Waals surface area contributed by atoms with Crippen molar-refractivity contribution < 1.29 is 23.1 Å². The molecule has 0 atom stereocenters. The summed E-state index contributed by atoms with van der Waals surface area (Å²) in [5.41, 5.74) is 4.17. The number of nitrogens with zero attached hydrogens (tertiary/aromatic N) is 3. The lowest BCUT2D eigenvalue weighted by atomic mass is 10.1. The zero-order valence-electron chi connectivity index (χ0n) is 20.1. The molecule has 0 aliphatic rings. The van der Waals surface area contributed by atoms with Crippen LogP contribution in [0.1, 0.15) is 47.6 Å². The minimum Gasteiger partial charge on any atom is -0.478 e. The van der Waals surface area contributed by atoms with Crippen LogP contribution in [-0.4, -0.2) is 39.9 Å². The molecule has 2 N–H and O–H groups in total. The predicted molar refractivity (Wildman–Crippen MR) is 135 cm³/mol. The zero-order valence-corrected chi connectivity index (χ0v) is 21.0. The van der Waals surface area contributed by atoms with Crippen molar-refractivity contribution >= 4 is 32.9 Å². The lowest BCUT2D eigenvalue weighted by molar-refractivity contribution is -0.117. The molecule has 1 amide bonds. The molecule has 36 heavy (non-hydrogen) atoms. The Morgan fingerprint density at radius 3 is 2.50 bits per heavy atom. The maximum absolute atomic E-state index is 12.6. The molecule has 4 rings (SSSR count). The molecule has 2 heterocycles. The number of rotatable bonds is 8. The Labute approximate surface area is 208 Å².